The van der Waals surface area contributed by atoms with Crippen LogP contribution in [0, 0.1) is 0 Å². The third-order valence-corrected chi connectivity index (χ3v) is 3.26. The normalized spacial score (nSPS) is 30.8. The molecule has 4 heteroatoms. The summed E-state index contributed by atoms with van der Waals surface area (Å²) in [6.45, 7) is 2.98. The summed E-state index contributed by atoms with van der Waals surface area (Å²) < 4.78 is 0. The summed E-state index contributed by atoms with van der Waals surface area (Å²) in [5, 5.41) is 3.31. The third-order valence-electron chi connectivity index (χ3n) is 3.26. The minimum absolute atomic E-state index is 0.170. The Morgan fingerprint density at radius 3 is 2.71 bits per heavy atom. The van der Waals surface area contributed by atoms with Gasteiger partial charge in [-0.3, -0.25) is 4.79 Å². The maximum absolute atomic E-state index is 11.8. The molecule has 14 heavy (non-hydrogen) atoms. The lowest BCUT2D eigenvalue weighted by molar-refractivity contribution is -0.138. The Hall–Kier alpha value is -0.610. The van der Waals surface area contributed by atoms with Crippen molar-refractivity contribution in [2.45, 2.75) is 37.8 Å². The van der Waals surface area contributed by atoms with E-state index in [-0.39, 0.29) is 11.9 Å². The van der Waals surface area contributed by atoms with Crippen molar-refractivity contribution in [1.82, 2.24) is 10.2 Å². The van der Waals surface area contributed by atoms with Gasteiger partial charge >= 0.3 is 0 Å². The van der Waals surface area contributed by atoms with E-state index in [2.05, 4.69) is 5.32 Å². The zero-order valence-electron chi connectivity index (χ0n) is 8.54. The molecule has 2 saturated heterocycles. The second-order valence-electron chi connectivity index (χ2n) is 4.26. The lowest BCUT2D eigenvalue weighted by Crippen LogP contribution is -2.54. The highest BCUT2D eigenvalue weighted by Gasteiger charge is 2.31. The minimum Gasteiger partial charge on any atom is -0.338 e. The van der Waals surface area contributed by atoms with E-state index in [1.54, 1.807) is 0 Å². The van der Waals surface area contributed by atoms with Crippen molar-refractivity contribution in [3.8, 4) is 0 Å². The number of nitrogens with one attached hydrogen (secondary N) is 1. The van der Waals surface area contributed by atoms with Gasteiger partial charge in [-0.05, 0) is 38.8 Å². The van der Waals surface area contributed by atoms with Crippen LogP contribution in [0.4, 0.5) is 0 Å². The molecule has 2 aliphatic heterocycles. The van der Waals surface area contributed by atoms with Crippen LogP contribution in [0.15, 0.2) is 0 Å². The number of amides is 1. The van der Waals surface area contributed by atoms with Crippen LogP contribution in [0.3, 0.4) is 0 Å². The van der Waals surface area contributed by atoms with Gasteiger partial charge in [-0.2, -0.15) is 0 Å². The van der Waals surface area contributed by atoms with Gasteiger partial charge < -0.3 is 16.0 Å². The number of carbonyl (C=O) groups is 1. The molecule has 2 fully saturated rings. The first kappa shape index (κ1) is 9.93. The molecule has 2 heterocycles. The Balaban J connectivity index is 1.97. The molecule has 80 valence electrons. The zero-order chi connectivity index (χ0) is 9.97. The molecule has 1 unspecified atom stereocenters. The molecule has 0 bridgehead atoms. The fraction of sp³-hybridized carbons (Fsp3) is 0.900. The topological polar surface area (TPSA) is 58.4 Å². The Morgan fingerprint density at radius 1 is 1.29 bits per heavy atom. The summed E-state index contributed by atoms with van der Waals surface area (Å²) in [4.78, 5) is 13.8. The van der Waals surface area contributed by atoms with E-state index < -0.39 is 0 Å². The first-order valence-corrected chi connectivity index (χ1v) is 5.56. The highest BCUT2D eigenvalue weighted by molar-refractivity contribution is 5.82. The van der Waals surface area contributed by atoms with E-state index in [9.17, 15) is 4.79 Å². The summed E-state index contributed by atoms with van der Waals surface area (Å²) in [5.74, 6) is 0.170. The molecule has 1 atom stereocenters. The van der Waals surface area contributed by atoms with E-state index in [0.717, 1.165) is 45.3 Å². The van der Waals surface area contributed by atoms with E-state index >= 15 is 0 Å². The minimum atomic E-state index is -0.237. The van der Waals surface area contributed by atoms with Crippen molar-refractivity contribution >= 4 is 5.91 Å². The monoisotopic (exact) mass is 197 g/mol. The Morgan fingerprint density at radius 2 is 2.00 bits per heavy atom. The van der Waals surface area contributed by atoms with Crippen LogP contribution in [0.2, 0.25) is 0 Å². The number of piperidine rings is 2. The van der Waals surface area contributed by atoms with Gasteiger partial charge in [-0.1, -0.05) is 0 Å². The average molecular weight is 197 g/mol. The second kappa shape index (κ2) is 4.28. The van der Waals surface area contributed by atoms with Crippen molar-refractivity contribution in [3.63, 3.8) is 0 Å². The molecule has 0 aromatic rings. The lowest BCUT2D eigenvalue weighted by Gasteiger charge is -2.39. The van der Waals surface area contributed by atoms with Gasteiger partial charge in [-0.25, -0.2) is 0 Å². The molecular weight excluding hydrogens is 178 g/mol. The molecule has 1 amide bonds. The highest BCUT2D eigenvalue weighted by atomic mass is 16.2. The number of hydrogen-bond acceptors (Lipinski definition) is 3. The largest absolute Gasteiger partial charge is 0.338 e. The first-order chi connectivity index (χ1) is 6.79. The van der Waals surface area contributed by atoms with Crippen molar-refractivity contribution in [2.75, 3.05) is 19.6 Å². The molecule has 4 nitrogen and oxygen atoms in total. The average Bonchev–Trinajstić information content (AvgIpc) is 2.23. The maximum atomic E-state index is 11.8. The fourth-order valence-electron chi connectivity index (χ4n) is 2.41. The van der Waals surface area contributed by atoms with Crippen LogP contribution in [-0.4, -0.2) is 42.5 Å². The smallest absolute Gasteiger partial charge is 0.239 e. The SMILES string of the molecule is NC1CCCN(C2CCNCC2)C1=O. The van der Waals surface area contributed by atoms with Crippen molar-refractivity contribution in [3.05, 3.63) is 0 Å². The molecule has 0 saturated carbocycles. The van der Waals surface area contributed by atoms with E-state index in [0.29, 0.717) is 6.04 Å². The van der Waals surface area contributed by atoms with Crippen LogP contribution in [-0.2, 0) is 4.79 Å². The quantitative estimate of drug-likeness (QED) is 0.606. The van der Waals surface area contributed by atoms with Gasteiger partial charge in [0.1, 0.15) is 0 Å². The fourth-order valence-corrected chi connectivity index (χ4v) is 2.41. The molecule has 2 aliphatic rings. The lowest BCUT2D eigenvalue weighted by atomic mass is 9.98. The molecule has 0 spiro atoms. The summed E-state index contributed by atoms with van der Waals surface area (Å²) >= 11 is 0. The Labute approximate surface area is 84.8 Å². The summed E-state index contributed by atoms with van der Waals surface area (Å²) in [5.41, 5.74) is 5.77. The predicted octanol–water partition coefficient (Wildman–Crippen LogP) is -0.312. The number of carbonyl (C=O) groups excluding carboxylic acids is 1. The van der Waals surface area contributed by atoms with Crippen LogP contribution >= 0.6 is 0 Å². The molecular formula is C10H19N3O. The van der Waals surface area contributed by atoms with Gasteiger partial charge in [0.05, 0.1) is 6.04 Å². The number of likely N-dealkylation sites (tertiary alicyclic amines) is 1. The third kappa shape index (κ3) is 1.91. The van der Waals surface area contributed by atoms with Crippen molar-refractivity contribution in [1.29, 1.82) is 0 Å². The Bertz CT molecular complexity index is 213. The number of nitrogens with two attached hydrogens (primary N) is 1. The van der Waals surface area contributed by atoms with Crippen LogP contribution in [0.5, 0.6) is 0 Å². The number of rotatable bonds is 1. The molecule has 0 radical (unpaired) electrons. The summed E-state index contributed by atoms with van der Waals surface area (Å²) in [6, 6.07) is 0.203. The molecule has 0 aromatic carbocycles. The maximum Gasteiger partial charge on any atom is 0.239 e. The van der Waals surface area contributed by atoms with E-state index in [4.69, 9.17) is 5.73 Å². The van der Waals surface area contributed by atoms with Crippen LogP contribution in [0.25, 0.3) is 0 Å². The van der Waals surface area contributed by atoms with Crippen LogP contribution < -0.4 is 11.1 Å². The molecule has 0 aliphatic carbocycles. The van der Waals surface area contributed by atoms with Gasteiger partial charge in [0.15, 0.2) is 0 Å². The summed E-state index contributed by atoms with van der Waals surface area (Å²) in [6.07, 6.45) is 4.09. The predicted molar refractivity (Wildman–Crippen MR) is 54.8 cm³/mol. The van der Waals surface area contributed by atoms with Gasteiger partial charge in [0.25, 0.3) is 0 Å². The van der Waals surface area contributed by atoms with Crippen LogP contribution in [0.1, 0.15) is 25.7 Å². The summed E-state index contributed by atoms with van der Waals surface area (Å²) in [7, 11) is 0. The standard InChI is InChI=1S/C10H19N3O/c11-9-2-1-7-13(10(9)14)8-3-5-12-6-4-8/h8-9,12H,1-7,11H2. The number of nitrogens with zero attached hydrogens (tertiary/aromatic N) is 1. The molecule has 0 aromatic heterocycles. The molecule has 3 N–H and O–H groups in total. The van der Waals surface area contributed by atoms with Crippen molar-refractivity contribution < 1.29 is 4.79 Å². The van der Waals surface area contributed by atoms with E-state index in [1.807, 2.05) is 4.90 Å². The van der Waals surface area contributed by atoms with Gasteiger partial charge in [0.2, 0.25) is 5.91 Å². The highest BCUT2D eigenvalue weighted by Crippen LogP contribution is 2.18. The number of hydrogen-bond donors (Lipinski definition) is 2. The van der Waals surface area contributed by atoms with Gasteiger partial charge in [0, 0.05) is 12.6 Å². The van der Waals surface area contributed by atoms with Gasteiger partial charge in [-0.15, -0.1) is 0 Å². The first-order valence-electron chi connectivity index (χ1n) is 5.56. The second-order valence-corrected chi connectivity index (χ2v) is 4.26. The molecule has 2 rings (SSSR count). The zero-order valence-corrected chi connectivity index (χ0v) is 8.54. The van der Waals surface area contributed by atoms with E-state index in [1.165, 1.54) is 0 Å². The Kier molecular flexibility index (Phi) is 3.03. The van der Waals surface area contributed by atoms with Crippen molar-refractivity contribution in [2.24, 2.45) is 5.73 Å².